The molecule has 0 unspecified atom stereocenters. The number of likely N-dealkylation sites (N-methyl/N-ethyl adjacent to an activating group) is 1. The average Bonchev–Trinajstić information content (AvgIpc) is 2.67. The summed E-state index contributed by atoms with van der Waals surface area (Å²) in [6.45, 7) is 5.81. The maximum atomic E-state index is 12.4. The minimum atomic E-state index is -0.166. The van der Waals surface area contributed by atoms with Crippen LogP contribution in [-0.4, -0.2) is 43.4 Å². The molecular formula is C23H31N3O2. The van der Waals surface area contributed by atoms with Crippen LogP contribution in [0.1, 0.15) is 36.2 Å². The maximum absolute atomic E-state index is 12.4. The highest BCUT2D eigenvalue weighted by atomic mass is 16.2. The molecule has 0 atom stereocenters. The number of nitrogens with zero attached hydrogens (tertiary/aromatic N) is 1. The molecule has 2 aromatic carbocycles. The summed E-state index contributed by atoms with van der Waals surface area (Å²) in [7, 11) is 1.94. The van der Waals surface area contributed by atoms with E-state index in [1.807, 2.05) is 50.1 Å². The minimum Gasteiger partial charge on any atom is -0.352 e. The lowest BCUT2D eigenvalue weighted by atomic mass is 10.1. The van der Waals surface area contributed by atoms with Crippen LogP contribution in [-0.2, 0) is 11.2 Å². The summed E-state index contributed by atoms with van der Waals surface area (Å²) in [6, 6.07) is 17.5. The van der Waals surface area contributed by atoms with E-state index in [1.54, 1.807) is 18.2 Å². The molecular weight excluding hydrogens is 350 g/mol. The zero-order valence-electron chi connectivity index (χ0n) is 17.1. The van der Waals surface area contributed by atoms with Crippen LogP contribution in [0.3, 0.4) is 0 Å². The van der Waals surface area contributed by atoms with E-state index >= 15 is 0 Å². The fraction of sp³-hybridized carbons (Fsp3) is 0.391. The number of anilines is 1. The molecule has 0 spiro atoms. The molecule has 5 heteroatoms. The zero-order chi connectivity index (χ0) is 20.4. The Hall–Kier alpha value is -2.66. The van der Waals surface area contributed by atoms with Gasteiger partial charge in [0.05, 0.1) is 17.8 Å². The summed E-state index contributed by atoms with van der Waals surface area (Å²) in [6.07, 6.45) is 1.98. The monoisotopic (exact) mass is 381 g/mol. The van der Waals surface area contributed by atoms with Gasteiger partial charge in [0.2, 0.25) is 5.91 Å². The predicted octanol–water partition coefficient (Wildman–Crippen LogP) is 3.58. The molecule has 0 fully saturated rings. The number of benzene rings is 2. The first kappa shape index (κ1) is 21.6. The van der Waals surface area contributed by atoms with E-state index in [-0.39, 0.29) is 18.4 Å². The second kappa shape index (κ2) is 11.2. The molecule has 2 amide bonds. The Morgan fingerprint density at radius 2 is 1.68 bits per heavy atom. The first-order valence-corrected chi connectivity index (χ1v) is 9.85. The number of aryl methyl sites for hydroxylation is 1. The quantitative estimate of drug-likeness (QED) is 0.661. The molecule has 0 saturated carbocycles. The van der Waals surface area contributed by atoms with E-state index in [0.29, 0.717) is 23.7 Å². The van der Waals surface area contributed by atoms with Crippen molar-refractivity contribution in [1.82, 2.24) is 10.2 Å². The number of hydrogen-bond acceptors (Lipinski definition) is 3. The summed E-state index contributed by atoms with van der Waals surface area (Å²) in [5.74, 6) is 0.0855. The second-order valence-electron chi connectivity index (χ2n) is 7.52. The molecule has 150 valence electrons. The van der Waals surface area contributed by atoms with Crippen molar-refractivity contribution in [3.05, 3.63) is 65.7 Å². The molecule has 5 nitrogen and oxygen atoms in total. The van der Waals surface area contributed by atoms with Gasteiger partial charge in [0.1, 0.15) is 0 Å². The predicted molar refractivity (Wildman–Crippen MR) is 115 cm³/mol. The number of hydrogen-bond donors (Lipinski definition) is 2. The Morgan fingerprint density at radius 3 is 2.39 bits per heavy atom. The largest absolute Gasteiger partial charge is 0.352 e. The molecule has 2 N–H and O–H groups in total. The highest BCUT2D eigenvalue weighted by Gasteiger charge is 2.14. The molecule has 2 rings (SSSR count). The highest BCUT2D eigenvalue weighted by molar-refractivity contribution is 6.04. The third kappa shape index (κ3) is 7.53. The first-order valence-electron chi connectivity index (χ1n) is 9.85. The van der Waals surface area contributed by atoms with Crippen molar-refractivity contribution in [3.63, 3.8) is 0 Å². The molecule has 0 heterocycles. The van der Waals surface area contributed by atoms with Crippen molar-refractivity contribution in [2.75, 3.05) is 32.0 Å². The summed E-state index contributed by atoms with van der Waals surface area (Å²) in [5.41, 5.74) is 2.34. The van der Waals surface area contributed by atoms with Gasteiger partial charge < -0.3 is 10.6 Å². The number of para-hydroxylation sites is 1. The van der Waals surface area contributed by atoms with Crippen LogP contribution in [0.25, 0.3) is 0 Å². The van der Waals surface area contributed by atoms with Crippen LogP contribution in [0, 0.1) is 5.92 Å². The fourth-order valence-corrected chi connectivity index (χ4v) is 2.89. The Labute approximate surface area is 168 Å². The topological polar surface area (TPSA) is 61.4 Å². The second-order valence-corrected chi connectivity index (χ2v) is 7.52. The van der Waals surface area contributed by atoms with Crippen molar-refractivity contribution < 1.29 is 9.59 Å². The summed E-state index contributed by atoms with van der Waals surface area (Å²) >= 11 is 0. The number of rotatable bonds is 10. The van der Waals surface area contributed by atoms with Gasteiger partial charge in [-0.25, -0.2) is 0 Å². The molecule has 0 bridgehead atoms. The van der Waals surface area contributed by atoms with Gasteiger partial charge in [-0.2, -0.15) is 0 Å². The van der Waals surface area contributed by atoms with Crippen LogP contribution < -0.4 is 10.6 Å². The number of nitrogens with one attached hydrogen (secondary N) is 2. The average molecular weight is 382 g/mol. The summed E-state index contributed by atoms with van der Waals surface area (Å²) < 4.78 is 0. The fourth-order valence-electron chi connectivity index (χ4n) is 2.89. The van der Waals surface area contributed by atoms with Crippen LogP contribution in [0.15, 0.2) is 54.6 Å². The Kier molecular flexibility index (Phi) is 8.69. The van der Waals surface area contributed by atoms with Crippen molar-refractivity contribution in [1.29, 1.82) is 0 Å². The van der Waals surface area contributed by atoms with E-state index in [0.717, 1.165) is 19.4 Å². The van der Waals surface area contributed by atoms with Crippen LogP contribution >= 0.6 is 0 Å². The lowest BCUT2D eigenvalue weighted by molar-refractivity contribution is -0.117. The third-order valence-corrected chi connectivity index (χ3v) is 4.38. The van der Waals surface area contributed by atoms with Crippen LogP contribution in [0.5, 0.6) is 0 Å². The number of carbonyl (C=O) groups excluding carboxylic acids is 2. The van der Waals surface area contributed by atoms with Gasteiger partial charge in [0.15, 0.2) is 0 Å². The van der Waals surface area contributed by atoms with E-state index in [4.69, 9.17) is 0 Å². The van der Waals surface area contributed by atoms with Crippen molar-refractivity contribution in [3.8, 4) is 0 Å². The number of carbonyl (C=O) groups is 2. The Morgan fingerprint density at radius 1 is 1.00 bits per heavy atom. The van der Waals surface area contributed by atoms with Gasteiger partial charge in [0.25, 0.3) is 5.91 Å². The van der Waals surface area contributed by atoms with Gasteiger partial charge in [-0.15, -0.1) is 0 Å². The molecule has 0 aromatic heterocycles. The molecule has 0 radical (unpaired) electrons. The SMILES string of the molecule is CC(C)CNC(=O)c1ccccc1NC(=O)CN(C)CCCc1ccccc1. The highest BCUT2D eigenvalue weighted by Crippen LogP contribution is 2.15. The number of amides is 2. The van der Waals surface area contributed by atoms with Crippen molar-refractivity contribution in [2.24, 2.45) is 5.92 Å². The van der Waals surface area contributed by atoms with Gasteiger partial charge in [0, 0.05) is 6.54 Å². The standard InChI is InChI=1S/C23H31N3O2/c1-18(2)16-24-23(28)20-13-7-8-14-21(20)25-22(27)17-26(3)15-9-12-19-10-5-4-6-11-19/h4-8,10-11,13-14,18H,9,12,15-17H2,1-3H3,(H,24,28)(H,25,27). The normalized spacial score (nSPS) is 10.9. The molecule has 0 saturated heterocycles. The third-order valence-electron chi connectivity index (χ3n) is 4.38. The van der Waals surface area contributed by atoms with Crippen LogP contribution in [0.2, 0.25) is 0 Å². The van der Waals surface area contributed by atoms with E-state index in [2.05, 4.69) is 22.8 Å². The van der Waals surface area contributed by atoms with Gasteiger partial charge >= 0.3 is 0 Å². The molecule has 28 heavy (non-hydrogen) atoms. The lowest BCUT2D eigenvalue weighted by Gasteiger charge is -2.17. The van der Waals surface area contributed by atoms with E-state index < -0.39 is 0 Å². The van der Waals surface area contributed by atoms with Crippen molar-refractivity contribution in [2.45, 2.75) is 26.7 Å². The zero-order valence-corrected chi connectivity index (χ0v) is 17.1. The van der Waals surface area contributed by atoms with E-state index in [1.165, 1.54) is 5.56 Å². The van der Waals surface area contributed by atoms with Crippen molar-refractivity contribution >= 4 is 17.5 Å². The molecule has 0 aliphatic heterocycles. The van der Waals surface area contributed by atoms with Gasteiger partial charge in [-0.1, -0.05) is 56.3 Å². The van der Waals surface area contributed by atoms with E-state index in [9.17, 15) is 9.59 Å². The molecule has 2 aromatic rings. The Balaban J connectivity index is 1.82. The molecule has 0 aliphatic rings. The Bertz CT molecular complexity index is 759. The first-order chi connectivity index (χ1) is 13.5. The molecule has 0 aliphatic carbocycles. The maximum Gasteiger partial charge on any atom is 0.253 e. The minimum absolute atomic E-state index is 0.119. The smallest absolute Gasteiger partial charge is 0.253 e. The summed E-state index contributed by atoms with van der Waals surface area (Å²) in [4.78, 5) is 26.8. The van der Waals surface area contributed by atoms with Crippen LogP contribution in [0.4, 0.5) is 5.69 Å². The van der Waals surface area contributed by atoms with Gasteiger partial charge in [-0.05, 0) is 50.0 Å². The lowest BCUT2D eigenvalue weighted by Crippen LogP contribution is -2.32. The summed E-state index contributed by atoms with van der Waals surface area (Å²) in [5, 5.41) is 5.77. The van der Waals surface area contributed by atoms with Gasteiger partial charge in [-0.3, -0.25) is 14.5 Å².